The maximum atomic E-state index is 12.0. The number of amides is 2. The molecule has 0 saturated carbocycles. The fraction of sp³-hybridized carbons (Fsp3) is 0.222. The van der Waals surface area contributed by atoms with Crippen LogP contribution in [-0.2, 0) is 9.59 Å². The third kappa shape index (κ3) is 5.79. The zero-order valence-corrected chi connectivity index (χ0v) is 14.1. The highest BCUT2D eigenvalue weighted by molar-refractivity contribution is 7.99. The van der Waals surface area contributed by atoms with Crippen LogP contribution in [-0.4, -0.2) is 17.6 Å². The van der Waals surface area contributed by atoms with Crippen molar-refractivity contribution in [1.29, 1.82) is 0 Å². The summed E-state index contributed by atoms with van der Waals surface area (Å²) in [6.07, 6.45) is 0.450. The van der Waals surface area contributed by atoms with E-state index >= 15 is 0 Å². The summed E-state index contributed by atoms with van der Waals surface area (Å²) in [7, 11) is 0. The van der Waals surface area contributed by atoms with Gasteiger partial charge in [0.25, 0.3) is 0 Å². The first kappa shape index (κ1) is 17.1. The number of aryl methyl sites for hydroxylation is 1. The largest absolute Gasteiger partial charge is 0.326 e. The molecular weight excluding hydrogens is 308 g/mol. The number of hydrogen-bond acceptors (Lipinski definition) is 3. The molecule has 0 saturated heterocycles. The topological polar surface area (TPSA) is 58.2 Å². The molecule has 0 aliphatic heterocycles. The van der Waals surface area contributed by atoms with Gasteiger partial charge in [0.05, 0.1) is 0 Å². The quantitative estimate of drug-likeness (QED) is 0.786. The van der Waals surface area contributed by atoms with Crippen LogP contribution in [0.25, 0.3) is 0 Å². The predicted octanol–water partition coefficient (Wildman–Crippen LogP) is 4.07. The van der Waals surface area contributed by atoms with Gasteiger partial charge in [0.1, 0.15) is 0 Å². The number of carbonyl (C=O) groups is 2. The molecule has 120 valence electrons. The number of thioether (sulfide) groups is 1. The molecule has 0 aromatic heterocycles. The van der Waals surface area contributed by atoms with Gasteiger partial charge in [-0.25, -0.2) is 0 Å². The third-order valence-electron chi connectivity index (χ3n) is 3.16. The fourth-order valence-electron chi connectivity index (χ4n) is 2.07. The van der Waals surface area contributed by atoms with Gasteiger partial charge in [-0.3, -0.25) is 9.59 Å². The van der Waals surface area contributed by atoms with Crippen LogP contribution in [0.4, 0.5) is 11.4 Å². The Morgan fingerprint density at radius 3 is 2.43 bits per heavy atom. The first-order chi connectivity index (χ1) is 11.0. The van der Waals surface area contributed by atoms with Crippen molar-refractivity contribution in [1.82, 2.24) is 0 Å². The van der Waals surface area contributed by atoms with E-state index < -0.39 is 0 Å². The maximum Gasteiger partial charge on any atom is 0.225 e. The number of benzene rings is 2. The zero-order chi connectivity index (χ0) is 16.7. The number of carbonyl (C=O) groups excluding carboxylic acids is 2. The molecule has 0 fully saturated rings. The Kier molecular flexibility index (Phi) is 6.23. The summed E-state index contributed by atoms with van der Waals surface area (Å²) in [6.45, 7) is 3.37. The summed E-state index contributed by atoms with van der Waals surface area (Å²) in [5, 5.41) is 5.64. The van der Waals surface area contributed by atoms with E-state index in [4.69, 9.17) is 0 Å². The molecule has 0 unspecified atom stereocenters. The van der Waals surface area contributed by atoms with Crippen LogP contribution in [0, 0.1) is 6.92 Å². The van der Waals surface area contributed by atoms with E-state index in [1.165, 1.54) is 6.92 Å². The lowest BCUT2D eigenvalue weighted by Gasteiger charge is -2.10. The number of anilines is 2. The van der Waals surface area contributed by atoms with Gasteiger partial charge in [-0.15, -0.1) is 11.8 Å². The van der Waals surface area contributed by atoms with Gasteiger partial charge in [0.15, 0.2) is 0 Å². The smallest absolute Gasteiger partial charge is 0.225 e. The summed E-state index contributed by atoms with van der Waals surface area (Å²) in [6, 6.07) is 15.5. The molecule has 2 aromatic carbocycles. The normalized spacial score (nSPS) is 10.2. The molecule has 0 radical (unpaired) electrons. The minimum Gasteiger partial charge on any atom is -0.326 e. The fourth-order valence-corrected chi connectivity index (χ4v) is 2.95. The van der Waals surface area contributed by atoms with Crippen molar-refractivity contribution in [3.05, 3.63) is 54.1 Å². The van der Waals surface area contributed by atoms with E-state index in [2.05, 4.69) is 10.6 Å². The van der Waals surface area contributed by atoms with E-state index in [0.717, 1.165) is 27.6 Å². The molecule has 0 aliphatic carbocycles. The number of rotatable bonds is 6. The molecule has 5 heteroatoms. The van der Waals surface area contributed by atoms with E-state index in [1.807, 2.05) is 43.3 Å². The Bertz CT molecular complexity index is 687. The molecular formula is C18H20N2O2S. The average molecular weight is 328 g/mol. The van der Waals surface area contributed by atoms with Gasteiger partial charge < -0.3 is 10.6 Å². The van der Waals surface area contributed by atoms with Crippen molar-refractivity contribution in [2.24, 2.45) is 0 Å². The predicted molar refractivity (Wildman–Crippen MR) is 95.9 cm³/mol. The van der Waals surface area contributed by atoms with Gasteiger partial charge in [0, 0.05) is 35.4 Å². The van der Waals surface area contributed by atoms with Crippen molar-refractivity contribution in [3.8, 4) is 0 Å². The highest BCUT2D eigenvalue weighted by Gasteiger charge is 2.06. The number of hydrogen-bond donors (Lipinski definition) is 2. The lowest BCUT2D eigenvalue weighted by Crippen LogP contribution is -2.13. The molecule has 2 N–H and O–H groups in total. The minimum atomic E-state index is -0.108. The Morgan fingerprint density at radius 2 is 1.78 bits per heavy atom. The third-order valence-corrected chi connectivity index (χ3v) is 4.18. The molecule has 0 atom stereocenters. The molecule has 23 heavy (non-hydrogen) atoms. The van der Waals surface area contributed by atoms with Crippen LogP contribution in [0.2, 0.25) is 0 Å². The first-order valence-corrected chi connectivity index (χ1v) is 8.39. The second kappa shape index (κ2) is 8.39. The molecule has 4 nitrogen and oxygen atoms in total. The van der Waals surface area contributed by atoms with Crippen LogP contribution in [0.15, 0.2) is 53.4 Å². The second-order valence-corrected chi connectivity index (χ2v) is 6.34. The zero-order valence-electron chi connectivity index (χ0n) is 13.3. The highest BCUT2D eigenvalue weighted by atomic mass is 32.2. The van der Waals surface area contributed by atoms with Crippen LogP contribution in [0.3, 0.4) is 0 Å². The lowest BCUT2D eigenvalue weighted by molar-refractivity contribution is -0.116. The molecule has 0 aliphatic rings. The summed E-state index contributed by atoms with van der Waals surface area (Å²) in [4.78, 5) is 24.2. The van der Waals surface area contributed by atoms with Crippen molar-refractivity contribution in [3.63, 3.8) is 0 Å². The average Bonchev–Trinajstić information content (AvgIpc) is 2.51. The minimum absolute atomic E-state index is 0.0138. The van der Waals surface area contributed by atoms with Crippen molar-refractivity contribution in [2.45, 2.75) is 25.2 Å². The van der Waals surface area contributed by atoms with Gasteiger partial charge in [-0.05, 0) is 42.8 Å². The van der Waals surface area contributed by atoms with Crippen molar-refractivity contribution < 1.29 is 9.59 Å². The summed E-state index contributed by atoms with van der Waals surface area (Å²) in [5.74, 6) is 0.613. The molecule has 2 amide bonds. The van der Waals surface area contributed by atoms with E-state index in [0.29, 0.717) is 6.42 Å². The molecule has 0 bridgehead atoms. The Morgan fingerprint density at radius 1 is 1.04 bits per heavy atom. The van der Waals surface area contributed by atoms with Crippen LogP contribution in [0.5, 0.6) is 0 Å². The highest BCUT2D eigenvalue weighted by Crippen LogP contribution is 2.21. The summed E-state index contributed by atoms with van der Waals surface area (Å²) in [5.41, 5.74) is 2.41. The molecule has 0 spiro atoms. The van der Waals surface area contributed by atoms with E-state index in [1.54, 1.807) is 23.9 Å². The Hall–Kier alpha value is -2.27. The van der Waals surface area contributed by atoms with E-state index in [-0.39, 0.29) is 11.8 Å². The molecule has 0 heterocycles. The standard InChI is InChI=1S/C18H20N2O2S/c1-13-12-15(8-9-17(13)19-14(2)21)20-18(22)10-11-23-16-6-4-3-5-7-16/h3-9,12H,10-11H2,1-2H3,(H,19,21)(H,20,22). The van der Waals surface area contributed by atoms with Crippen LogP contribution < -0.4 is 10.6 Å². The monoisotopic (exact) mass is 328 g/mol. The number of nitrogens with one attached hydrogen (secondary N) is 2. The Balaban J connectivity index is 1.83. The van der Waals surface area contributed by atoms with Crippen molar-refractivity contribution in [2.75, 3.05) is 16.4 Å². The second-order valence-electron chi connectivity index (χ2n) is 5.17. The summed E-state index contributed by atoms with van der Waals surface area (Å²) >= 11 is 1.66. The van der Waals surface area contributed by atoms with E-state index in [9.17, 15) is 9.59 Å². The van der Waals surface area contributed by atoms with Crippen molar-refractivity contribution >= 4 is 35.0 Å². The Labute approximate surface area is 140 Å². The SMILES string of the molecule is CC(=O)Nc1ccc(NC(=O)CCSc2ccccc2)cc1C. The van der Waals surface area contributed by atoms with Gasteiger partial charge in [0.2, 0.25) is 11.8 Å². The first-order valence-electron chi connectivity index (χ1n) is 7.40. The van der Waals surface area contributed by atoms with Gasteiger partial charge >= 0.3 is 0 Å². The van der Waals surface area contributed by atoms with Crippen LogP contribution in [0.1, 0.15) is 18.9 Å². The van der Waals surface area contributed by atoms with Gasteiger partial charge in [-0.2, -0.15) is 0 Å². The molecule has 2 aromatic rings. The maximum absolute atomic E-state index is 12.0. The van der Waals surface area contributed by atoms with Gasteiger partial charge in [-0.1, -0.05) is 18.2 Å². The molecule has 2 rings (SSSR count). The summed E-state index contributed by atoms with van der Waals surface area (Å²) < 4.78 is 0. The van der Waals surface area contributed by atoms with Crippen LogP contribution >= 0.6 is 11.8 Å². The lowest BCUT2D eigenvalue weighted by atomic mass is 10.1.